The van der Waals surface area contributed by atoms with Gasteiger partial charge in [-0.1, -0.05) is 0 Å². The second-order valence-electron chi connectivity index (χ2n) is 6.07. The molecule has 1 aliphatic heterocycles. The van der Waals surface area contributed by atoms with Crippen LogP contribution < -0.4 is 9.80 Å². The lowest BCUT2D eigenvalue weighted by Gasteiger charge is -2.23. The van der Waals surface area contributed by atoms with Crippen molar-refractivity contribution >= 4 is 22.3 Å². The van der Waals surface area contributed by atoms with Gasteiger partial charge in [0, 0.05) is 67.5 Å². The maximum Gasteiger partial charge on any atom is 0.185 e. The van der Waals surface area contributed by atoms with E-state index in [0.29, 0.717) is 0 Å². The van der Waals surface area contributed by atoms with Gasteiger partial charge in [-0.2, -0.15) is 0 Å². The highest BCUT2D eigenvalue weighted by Crippen LogP contribution is 2.23. The Labute approximate surface area is 151 Å². The fraction of sp³-hybridized carbons (Fsp3) is 0.333. The normalized spacial score (nSPS) is 15.2. The van der Waals surface area contributed by atoms with Crippen molar-refractivity contribution in [1.82, 2.24) is 19.9 Å². The zero-order valence-corrected chi connectivity index (χ0v) is 15.0. The van der Waals surface area contributed by atoms with E-state index in [-0.39, 0.29) is 0 Å². The predicted octanol–water partition coefficient (Wildman–Crippen LogP) is 3.02. The van der Waals surface area contributed by atoms with Gasteiger partial charge in [0.2, 0.25) is 0 Å². The maximum absolute atomic E-state index is 4.81. The van der Waals surface area contributed by atoms with Crippen LogP contribution in [-0.4, -0.2) is 46.1 Å². The van der Waals surface area contributed by atoms with Crippen LogP contribution in [0.15, 0.2) is 42.2 Å². The first kappa shape index (κ1) is 16.0. The Balaban J connectivity index is 1.56. The van der Waals surface area contributed by atoms with Gasteiger partial charge in [-0.15, -0.1) is 11.3 Å². The first-order valence-corrected chi connectivity index (χ1v) is 9.33. The molecule has 1 saturated heterocycles. The van der Waals surface area contributed by atoms with Crippen LogP contribution in [0.3, 0.4) is 0 Å². The molecule has 0 spiro atoms. The average Bonchev–Trinajstić information content (AvgIpc) is 3.06. The molecule has 1 aliphatic rings. The van der Waals surface area contributed by atoms with Crippen LogP contribution in [0.2, 0.25) is 0 Å². The number of aryl methyl sites for hydroxylation is 1. The van der Waals surface area contributed by atoms with Crippen LogP contribution in [-0.2, 0) is 0 Å². The summed E-state index contributed by atoms with van der Waals surface area (Å²) in [6.45, 7) is 5.95. The van der Waals surface area contributed by atoms with E-state index in [9.17, 15) is 0 Å². The molecule has 25 heavy (non-hydrogen) atoms. The van der Waals surface area contributed by atoms with Gasteiger partial charge >= 0.3 is 0 Å². The smallest absolute Gasteiger partial charge is 0.185 e. The van der Waals surface area contributed by atoms with Crippen molar-refractivity contribution in [3.8, 4) is 11.4 Å². The van der Waals surface area contributed by atoms with Crippen molar-refractivity contribution in [3.05, 3.63) is 47.9 Å². The molecule has 128 valence electrons. The van der Waals surface area contributed by atoms with E-state index in [1.807, 2.05) is 30.6 Å². The van der Waals surface area contributed by atoms with Gasteiger partial charge < -0.3 is 9.80 Å². The van der Waals surface area contributed by atoms with Gasteiger partial charge in [0.1, 0.15) is 5.82 Å². The first-order valence-electron chi connectivity index (χ1n) is 8.45. The molecule has 0 atom stereocenters. The van der Waals surface area contributed by atoms with Crippen LogP contribution >= 0.6 is 11.3 Å². The Bertz CT molecular complexity index is 821. The van der Waals surface area contributed by atoms with Gasteiger partial charge in [0.15, 0.2) is 11.0 Å². The van der Waals surface area contributed by atoms with Gasteiger partial charge in [-0.25, -0.2) is 15.0 Å². The van der Waals surface area contributed by atoms with E-state index in [1.165, 1.54) is 0 Å². The fourth-order valence-electron chi connectivity index (χ4n) is 3.05. The topological polar surface area (TPSA) is 58.0 Å². The van der Waals surface area contributed by atoms with Crippen LogP contribution in [0.25, 0.3) is 11.4 Å². The summed E-state index contributed by atoms with van der Waals surface area (Å²) in [6.07, 6.45) is 6.52. The largest absolute Gasteiger partial charge is 0.355 e. The minimum absolute atomic E-state index is 0.762. The molecule has 3 aromatic rings. The van der Waals surface area contributed by atoms with Crippen LogP contribution in [0.1, 0.15) is 12.1 Å². The predicted molar refractivity (Wildman–Crippen MR) is 101 cm³/mol. The minimum atomic E-state index is 0.762. The summed E-state index contributed by atoms with van der Waals surface area (Å²) in [6, 6.07) is 5.97. The van der Waals surface area contributed by atoms with Crippen LogP contribution in [0, 0.1) is 6.92 Å². The highest BCUT2D eigenvalue weighted by Gasteiger charge is 2.18. The maximum atomic E-state index is 4.81. The molecule has 3 aromatic heterocycles. The molecule has 4 rings (SSSR count). The molecule has 0 aromatic carbocycles. The lowest BCUT2D eigenvalue weighted by molar-refractivity contribution is 0.794. The molecule has 1 fully saturated rings. The van der Waals surface area contributed by atoms with Gasteiger partial charge in [-0.3, -0.25) is 4.98 Å². The van der Waals surface area contributed by atoms with Crippen molar-refractivity contribution in [2.24, 2.45) is 0 Å². The summed E-state index contributed by atoms with van der Waals surface area (Å²) >= 11 is 1.70. The summed E-state index contributed by atoms with van der Waals surface area (Å²) in [5, 5.41) is 3.14. The molecule has 0 saturated carbocycles. The number of hydrogen-bond acceptors (Lipinski definition) is 7. The van der Waals surface area contributed by atoms with Crippen LogP contribution in [0.5, 0.6) is 0 Å². The first-order chi connectivity index (χ1) is 12.3. The SMILES string of the molecule is Cc1cc(N2CCCN(c3nccs3)CC2)nc(-c2ccncc2)n1. The van der Waals surface area contributed by atoms with E-state index < -0.39 is 0 Å². The average molecular weight is 352 g/mol. The number of rotatable bonds is 3. The molecule has 4 heterocycles. The van der Waals surface area contributed by atoms with Crippen molar-refractivity contribution in [1.29, 1.82) is 0 Å². The Morgan fingerprint density at radius 3 is 2.56 bits per heavy atom. The van der Waals surface area contributed by atoms with Gasteiger partial charge in [-0.05, 0) is 25.5 Å². The van der Waals surface area contributed by atoms with Crippen LogP contribution in [0.4, 0.5) is 10.9 Å². The summed E-state index contributed by atoms with van der Waals surface area (Å²) in [5.41, 5.74) is 1.98. The molecule has 0 radical (unpaired) electrons. The van der Waals surface area contributed by atoms with Gasteiger partial charge in [0.25, 0.3) is 0 Å². The second-order valence-corrected chi connectivity index (χ2v) is 6.94. The van der Waals surface area contributed by atoms with E-state index >= 15 is 0 Å². The Morgan fingerprint density at radius 2 is 1.76 bits per heavy atom. The molecule has 0 N–H and O–H groups in total. The third kappa shape index (κ3) is 3.61. The number of thiazole rings is 1. The van der Waals surface area contributed by atoms with Crippen molar-refractivity contribution in [3.63, 3.8) is 0 Å². The molecule has 0 bridgehead atoms. The second kappa shape index (κ2) is 7.14. The third-order valence-corrected chi connectivity index (χ3v) is 5.12. The summed E-state index contributed by atoms with van der Waals surface area (Å²) in [5.74, 6) is 1.76. The van der Waals surface area contributed by atoms with E-state index in [4.69, 9.17) is 4.98 Å². The number of aromatic nitrogens is 4. The van der Waals surface area contributed by atoms with E-state index in [1.54, 1.807) is 23.7 Å². The number of hydrogen-bond donors (Lipinski definition) is 0. The Kier molecular flexibility index (Phi) is 4.56. The number of anilines is 2. The molecule has 0 unspecified atom stereocenters. The lowest BCUT2D eigenvalue weighted by Crippen LogP contribution is -2.31. The summed E-state index contributed by atoms with van der Waals surface area (Å²) in [4.78, 5) is 22.6. The summed E-state index contributed by atoms with van der Waals surface area (Å²) in [7, 11) is 0. The van der Waals surface area contributed by atoms with E-state index in [0.717, 1.165) is 60.6 Å². The molecular weight excluding hydrogens is 332 g/mol. The molecule has 6 nitrogen and oxygen atoms in total. The lowest BCUT2D eigenvalue weighted by atomic mass is 10.2. The zero-order chi connectivity index (χ0) is 17.1. The highest BCUT2D eigenvalue weighted by atomic mass is 32.1. The quantitative estimate of drug-likeness (QED) is 0.722. The third-order valence-electron chi connectivity index (χ3n) is 4.29. The molecule has 0 amide bonds. The van der Waals surface area contributed by atoms with Crippen molar-refractivity contribution < 1.29 is 0 Å². The Hall–Kier alpha value is -2.54. The molecule has 0 aliphatic carbocycles. The monoisotopic (exact) mass is 352 g/mol. The van der Waals surface area contributed by atoms with Crippen molar-refractivity contribution in [2.75, 3.05) is 36.0 Å². The van der Waals surface area contributed by atoms with E-state index in [2.05, 4.69) is 30.8 Å². The minimum Gasteiger partial charge on any atom is -0.355 e. The highest BCUT2D eigenvalue weighted by molar-refractivity contribution is 7.13. The number of nitrogens with zero attached hydrogens (tertiary/aromatic N) is 6. The number of pyridine rings is 1. The van der Waals surface area contributed by atoms with Crippen molar-refractivity contribution in [2.45, 2.75) is 13.3 Å². The summed E-state index contributed by atoms with van der Waals surface area (Å²) < 4.78 is 0. The zero-order valence-electron chi connectivity index (χ0n) is 14.2. The Morgan fingerprint density at radius 1 is 0.960 bits per heavy atom. The fourth-order valence-corrected chi connectivity index (χ4v) is 3.75. The molecular formula is C18H20N6S. The molecule has 7 heteroatoms. The van der Waals surface area contributed by atoms with Gasteiger partial charge in [0.05, 0.1) is 0 Å². The standard InChI is InChI=1S/C18H20N6S/c1-14-13-16(22-17(21-14)15-3-5-19-6-4-15)23-8-2-9-24(11-10-23)18-20-7-12-25-18/h3-7,12-13H,2,8-11H2,1H3.